The molecule has 1 aromatic carbocycles. The van der Waals surface area contributed by atoms with Crippen LogP contribution < -0.4 is 14.9 Å². The molecule has 1 aromatic rings. The number of ether oxygens (including phenoxy) is 2. The minimum Gasteiger partial charge on any atom is -0.496 e. The van der Waals surface area contributed by atoms with Crippen LogP contribution in [0.3, 0.4) is 0 Å². The van der Waals surface area contributed by atoms with Gasteiger partial charge in [-0.3, -0.25) is 19.8 Å². The summed E-state index contributed by atoms with van der Waals surface area (Å²) in [6, 6.07) is 2.91. The topological polar surface area (TPSA) is 122 Å². The van der Waals surface area contributed by atoms with Crippen molar-refractivity contribution in [2.24, 2.45) is 0 Å². The number of carbonyl (C=O) groups excluding carboxylic acids is 3. The summed E-state index contributed by atoms with van der Waals surface area (Å²) in [6.07, 6.45) is 1.26. The van der Waals surface area contributed by atoms with Crippen LogP contribution in [0.1, 0.15) is 20.7 Å². The van der Waals surface area contributed by atoms with Gasteiger partial charge < -0.3 is 14.6 Å². The van der Waals surface area contributed by atoms with E-state index in [0.29, 0.717) is 17.2 Å². The molecule has 0 aliphatic carbocycles. The molecule has 1 aliphatic rings. The van der Waals surface area contributed by atoms with Crippen molar-refractivity contribution < 1.29 is 33.8 Å². The van der Waals surface area contributed by atoms with Gasteiger partial charge in [0.1, 0.15) is 22.6 Å². The first kappa shape index (κ1) is 16.0. The van der Waals surface area contributed by atoms with Crippen molar-refractivity contribution in [3.05, 3.63) is 35.4 Å². The quantitative estimate of drug-likeness (QED) is 0.577. The highest BCUT2D eigenvalue weighted by molar-refractivity contribution is 6.24. The standard InChI is InChI=1S/C14H12N2O7/c1-22-7-3-4-8(23-2)12-11(7)13(20)16(14(12)21)15-9(17)5-6-10(18)19/h3-6H,1-2H3,(H,15,17)(H,18,19)/b6-5-. The number of aliphatic carboxylic acids is 1. The van der Waals surface area contributed by atoms with Crippen LogP contribution in [0.4, 0.5) is 0 Å². The lowest BCUT2D eigenvalue weighted by Crippen LogP contribution is -2.45. The Kier molecular flexibility index (Phi) is 4.30. The summed E-state index contributed by atoms with van der Waals surface area (Å²) in [5.41, 5.74) is 1.93. The van der Waals surface area contributed by atoms with E-state index in [4.69, 9.17) is 14.6 Å². The molecule has 9 heteroatoms. The van der Waals surface area contributed by atoms with Gasteiger partial charge in [-0.25, -0.2) is 4.79 Å². The SMILES string of the molecule is COc1ccc(OC)c2c1C(=O)N(NC(=O)/C=C\C(=O)O)C2=O. The first-order valence-electron chi connectivity index (χ1n) is 6.26. The van der Waals surface area contributed by atoms with Crippen LogP contribution in [-0.2, 0) is 9.59 Å². The van der Waals surface area contributed by atoms with Crippen LogP contribution in [-0.4, -0.2) is 48.0 Å². The Hall–Kier alpha value is -3.36. The normalized spacial score (nSPS) is 13.2. The number of benzene rings is 1. The van der Waals surface area contributed by atoms with Crippen LogP contribution >= 0.6 is 0 Å². The second-order valence-electron chi connectivity index (χ2n) is 4.31. The summed E-state index contributed by atoms with van der Waals surface area (Å²) >= 11 is 0. The molecule has 0 aromatic heterocycles. The molecular formula is C14H12N2O7. The molecule has 0 unspecified atom stereocenters. The number of fused-ring (bicyclic) bond motifs is 1. The highest BCUT2D eigenvalue weighted by Crippen LogP contribution is 2.36. The van der Waals surface area contributed by atoms with Crippen molar-refractivity contribution >= 4 is 23.7 Å². The van der Waals surface area contributed by atoms with Gasteiger partial charge in [0.15, 0.2) is 0 Å². The largest absolute Gasteiger partial charge is 0.496 e. The monoisotopic (exact) mass is 320 g/mol. The smallest absolute Gasteiger partial charge is 0.328 e. The second-order valence-corrected chi connectivity index (χ2v) is 4.31. The number of hydrogen-bond acceptors (Lipinski definition) is 6. The number of amides is 3. The lowest BCUT2D eigenvalue weighted by atomic mass is 10.1. The molecule has 1 heterocycles. The number of hydrogen-bond donors (Lipinski definition) is 2. The molecule has 1 aliphatic heterocycles. The Labute approximate surface area is 130 Å². The number of hydrazine groups is 1. The van der Waals surface area contributed by atoms with Crippen molar-refractivity contribution in [1.29, 1.82) is 0 Å². The van der Waals surface area contributed by atoms with Crippen LogP contribution in [0.5, 0.6) is 11.5 Å². The van der Waals surface area contributed by atoms with Gasteiger partial charge in [0, 0.05) is 12.2 Å². The summed E-state index contributed by atoms with van der Waals surface area (Å²) in [5.74, 6) is -3.60. The first-order chi connectivity index (χ1) is 10.9. The van der Waals surface area contributed by atoms with Crippen LogP contribution in [0.15, 0.2) is 24.3 Å². The molecule has 0 saturated carbocycles. The Morgan fingerprint density at radius 2 is 1.52 bits per heavy atom. The minimum absolute atomic E-state index is 0.0423. The van der Waals surface area contributed by atoms with Gasteiger partial charge in [-0.15, -0.1) is 0 Å². The average molecular weight is 320 g/mol. The third-order valence-electron chi connectivity index (χ3n) is 3.00. The predicted octanol–water partition coefficient (Wildman–Crippen LogP) is -0.0282. The molecule has 120 valence electrons. The van der Waals surface area contributed by atoms with Gasteiger partial charge in [0.2, 0.25) is 0 Å². The van der Waals surface area contributed by atoms with E-state index in [0.717, 1.165) is 0 Å². The Morgan fingerprint density at radius 3 is 1.91 bits per heavy atom. The number of nitrogens with zero attached hydrogens (tertiary/aromatic N) is 1. The van der Waals surface area contributed by atoms with E-state index in [1.54, 1.807) is 0 Å². The number of carbonyl (C=O) groups is 4. The van der Waals surface area contributed by atoms with Gasteiger partial charge in [-0.05, 0) is 12.1 Å². The van der Waals surface area contributed by atoms with E-state index in [-0.39, 0.29) is 22.6 Å². The summed E-state index contributed by atoms with van der Waals surface area (Å²) in [6.45, 7) is 0. The molecule has 9 nitrogen and oxygen atoms in total. The lowest BCUT2D eigenvalue weighted by molar-refractivity contribution is -0.131. The predicted molar refractivity (Wildman–Crippen MR) is 75.0 cm³/mol. The Morgan fingerprint density at radius 1 is 1.04 bits per heavy atom. The van der Waals surface area contributed by atoms with Crippen molar-refractivity contribution in [1.82, 2.24) is 10.4 Å². The molecule has 2 N–H and O–H groups in total. The average Bonchev–Trinajstić information content (AvgIpc) is 2.78. The second kappa shape index (κ2) is 6.18. The highest BCUT2D eigenvalue weighted by atomic mass is 16.5. The fourth-order valence-corrected chi connectivity index (χ4v) is 2.04. The number of carboxylic acids is 1. The van der Waals surface area contributed by atoms with Crippen LogP contribution in [0.25, 0.3) is 0 Å². The van der Waals surface area contributed by atoms with E-state index >= 15 is 0 Å². The van der Waals surface area contributed by atoms with Gasteiger partial charge in [-0.1, -0.05) is 0 Å². The molecule has 0 bridgehead atoms. The van der Waals surface area contributed by atoms with E-state index < -0.39 is 23.7 Å². The molecule has 2 rings (SSSR count). The molecular weight excluding hydrogens is 308 g/mol. The van der Waals surface area contributed by atoms with Crippen LogP contribution in [0, 0.1) is 0 Å². The Bertz CT molecular complexity index is 696. The number of nitrogens with one attached hydrogen (secondary N) is 1. The lowest BCUT2D eigenvalue weighted by Gasteiger charge is -2.13. The summed E-state index contributed by atoms with van der Waals surface area (Å²) in [7, 11) is 2.66. The fraction of sp³-hybridized carbons (Fsp3) is 0.143. The maximum atomic E-state index is 12.3. The van der Waals surface area contributed by atoms with E-state index in [1.165, 1.54) is 26.4 Å². The van der Waals surface area contributed by atoms with Crippen molar-refractivity contribution in [2.45, 2.75) is 0 Å². The van der Waals surface area contributed by atoms with Crippen molar-refractivity contribution in [2.75, 3.05) is 14.2 Å². The van der Waals surface area contributed by atoms with E-state index in [9.17, 15) is 19.2 Å². The van der Waals surface area contributed by atoms with E-state index in [2.05, 4.69) is 0 Å². The van der Waals surface area contributed by atoms with Gasteiger partial charge >= 0.3 is 5.97 Å². The minimum atomic E-state index is -1.34. The third kappa shape index (κ3) is 2.84. The van der Waals surface area contributed by atoms with Crippen molar-refractivity contribution in [3.63, 3.8) is 0 Å². The number of imide groups is 1. The summed E-state index contributed by atoms with van der Waals surface area (Å²) in [5, 5.41) is 8.93. The molecule has 0 fully saturated rings. The third-order valence-corrected chi connectivity index (χ3v) is 3.00. The molecule has 0 radical (unpaired) electrons. The zero-order valence-corrected chi connectivity index (χ0v) is 12.2. The van der Waals surface area contributed by atoms with E-state index in [1.807, 2.05) is 5.43 Å². The summed E-state index contributed by atoms with van der Waals surface area (Å²) in [4.78, 5) is 46.6. The molecule has 0 atom stereocenters. The number of carboxylic acid groups (broad SMARTS) is 1. The van der Waals surface area contributed by atoms with Gasteiger partial charge in [0.05, 0.1) is 14.2 Å². The molecule has 0 spiro atoms. The molecule has 0 saturated heterocycles. The zero-order valence-electron chi connectivity index (χ0n) is 12.2. The maximum Gasteiger partial charge on any atom is 0.328 e. The van der Waals surface area contributed by atoms with Crippen LogP contribution in [0.2, 0.25) is 0 Å². The fourth-order valence-electron chi connectivity index (χ4n) is 2.04. The van der Waals surface area contributed by atoms with Crippen molar-refractivity contribution in [3.8, 4) is 11.5 Å². The molecule has 23 heavy (non-hydrogen) atoms. The zero-order chi connectivity index (χ0) is 17.1. The first-order valence-corrected chi connectivity index (χ1v) is 6.26. The molecule has 3 amide bonds. The summed E-state index contributed by atoms with van der Waals surface area (Å²) < 4.78 is 10.1. The Balaban J connectivity index is 2.37. The maximum absolute atomic E-state index is 12.3. The van der Waals surface area contributed by atoms with Gasteiger partial charge in [-0.2, -0.15) is 5.01 Å². The number of methoxy groups -OCH3 is 2. The number of rotatable bonds is 5. The van der Waals surface area contributed by atoms with Gasteiger partial charge in [0.25, 0.3) is 17.7 Å². The highest BCUT2D eigenvalue weighted by Gasteiger charge is 2.41.